The molecule has 0 bridgehead atoms. The van der Waals surface area contributed by atoms with Crippen LogP contribution in [0, 0.1) is 5.92 Å². The summed E-state index contributed by atoms with van der Waals surface area (Å²) in [6, 6.07) is 0.671. The number of carbonyl (C=O) groups excluding carboxylic acids is 1. The van der Waals surface area contributed by atoms with Crippen molar-refractivity contribution in [3.63, 3.8) is 0 Å². The van der Waals surface area contributed by atoms with Crippen molar-refractivity contribution in [1.29, 1.82) is 0 Å². The molecule has 0 saturated heterocycles. The maximum absolute atomic E-state index is 12.1. The van der Waals surface area contributed by atoms with Gasteiger partial charge >= 0.3 is 0 Å². The van der Waals surface area contributed by atoms with E-state index < -0.39 is 0 Å². The summed E-state index contributed by atoms with van der Waals surface area (Å²) in [4.78, 5) is 12.1. The van der Waals surface area contributed by atoms with Gasteiger partial charge in [-0.3, -0.25) is 4.79 Å². The van der Waals surface area contributed by atoms with E-state index in [4.69, 9.17) is 5.73 Å². The Morgan fingerprint density at radius 1 is 1.11 bits per heavy atom. The molecule has 3 N–H and O–H groups in total. The summed E-state index contributed by atoms with van der Waals surface area (Å²) in [5.74, 6) is 0.374. The quantitative estimate of drug-likeness (QED) is 0.776. The standard InChI is InChI=1S/C16H32N2O/c1-13(9-8-10-14(2)17)16(19)18-15-11-6-4-3-5-7-12-15/h13-15H,3-12,17H2,1-2H3,(H,18,19). The molecule has 1 rings (SSSR count). The van der Waals surface area contributed by atoms with Gasteiger partial charge < -0.3 is 11.1 Å². The van der Waals surface area contributed by atoms with Crippen molar-refractivity contribution < 1.29 is 4.79 Å². The SMILES string of the molecule is CC(N)CCCC(C)C(=O)NC1CCCCCCC1. The molecule has 1 aliphatic carbocycles. The van der Waals surface area contributed by atoms with Gasteiger partial charge in [0.25, 0.3) is 0 Å². The zero-order valence-corrected chi connectivity index (χ0v) is 12.8. The van der Waals surface area contributed by atoms with E-state index in [-0.39, 0.29) is 17.9 Å². The van der Waals surface area contributed by atoms with E-state index in [2.05, 4.69) is 5.32 Å². The van der Waals surface area contributed by atoms with E-state index in [0.717, 1.165) is 32.1 Å². The summed E-state index contributed by atoms with van der Waals surface area (Å²) < 4.78 is 0. The van der Waals surface area contributed by atoms with Crippen molar-refractivity contribution in [2.45, 2.75) is 90.1 Å². The molecule has 2 unspecified atom stereocenters. The van der Waals surface area contributed by atoms with E-state index in [1.807, 2.05) is 13.8 Å². The summed E-state index contributed by atoms with van der Waals surface area (Å²) in [5, 5.41) is 3.25. The van der Waals surface area contributed by atoms with Gasteiger partial charge in [0, 0.05) is 18.0 Å². The highest BCUT2D eigenvalue weighted by Crippen LogP contribution is 2.18. The van der Waals surface area contributed by atoms with Gasteiger partial charge in [-0.2, -0.15) is 0 Å². The second-order valence-electron chi connectivity index (χ2n) is 6.36. The summed E-state index contributed by atoms with van der Waals surface area (Å²) in [5.41, 5.74) is 5.74. The fraction of sp³-hybridized carbons (Fsp3) is 0.938. The van der Waals surface area contributed by atoms with Crippen molar-refractivity contribution in [1.82, 2.24) is 5.32 Å². The zero-order valence-electron chi connectivity index (χ0n) is 12.8. The van der Waals surface area contributed by atoms with E-state index in [0.29, 0.717) is 6.04 Å². The summed E-state index contributed by atoms with van der Waals surface area (Å²) in [6.07, 6.45) is 11.9. The van der Waals surface area contributed by atoms with Crippen LogP contribution in [0.25, 0.3) is 0 Å². The number of rotatable bonds is 6. The molecule has 0 aromatic heterocycles. The van der Waals surface area contributed by atoms with Gasteiger partial charge in [0.05, 0.1) is 0 Å². The van der Waals surface area contributed by atoms with Crippen LogP contribution in [0.15, 0.2) is 0 Å². The van der Waals surface area contributed by atoms with Gasteiger partial charge in [-0.1, -0.05) is 45.4 Å². The number of nitrogens with two attached hydrogens (primary N) is 1. The molecule has 1 fully saturated rings. The first-order valence-corrected chi connectivity index (χ1v) is 8.15. The molecule has 0 aromatic carbocycles. The van der Waals surface area contributed by atoms with Gasteiger partial charge in [0.15, 0.2) is 0 Å². The minimum atomic E-state index is 0.129. The van der Waals surface area contributed by atoms with Crippen LogP contribution in [0.1, 0.15) is 78.1 Å². The highest BCUT2D eigenvalue weighted by atomic mass is 16.1. The van der Waals surface area contributed by atoms with Crippen molar-refractivity contribution >= 4 is 5.91 Å². The largest absolute Gasteiger partial charge is 0.353 e. The Morgan fingerprint density at radius 3 is 2.26 bits per heavy atom. The highest BCUT2D eigenvalue weighted by molar-refractivity contribution is 5.78. The van der Waals surface area contributed by atoms with Crippen molar-refractivity contribution in [2.24, 2.45) is 11.7 Å². The van der Waals surface area contributed by atoms with Crippen LogP contribution in [0.5, 0.6) is 0 Å². The number of amides is 1. The molecule has 112 valence electrons. The molecule has 3 nitrogen and oxygen atoms in total. The lowest BCUT2D eigenvalue weighted by Gasteiger charge is -2.23. The number of hydrogen-bond acceptors (Lipinski definition) is 2. The Morgan fingerprint density at radius 2 is 1.68 bits per heavy atom. The zero-order chi connectivity index (χ0) is 14.1. The van der Waals surface area contributed by atoms with Crippen molar-refractivity contribution in [2.75, 3.05) is 0 Å². The number of nitrogens with one attached hydrogen (secondary N) is 1. The van der Waals surface area contributed by atoms with Gasteiger partial charge in [-0.15, -0.1) is 0 Å². The predicted octanol–water partition coefficient (Wildman–Crippen LogP) is 3.37. The smallest absolute Gasteiger partial charge is 0.223 e. The third-order valence-corrected chi connectivity index (χ3v) is 4.20. The molecule has 3 heteroatoms. The molecule has 19 heavy (non-hydrogen) atoms. The predicted molar refractivity (Wildman–Crippen MR) is 80.9 cm³/mol. The lowest BCUT2D eigenvalue weighted by atomic mass is 9.95. The van der Waals surface area contributed by atoms with E-state index >= 15 is 0 Å². The van der Waals surface area contributed by atoms with Crippen LogP contribution in [-0.4, -0.2) is 18.0 Å². The third-order valence-electron chi connectivity index (χ3n) is 4.20. The maximum Gasteiger partial charge on any atom is 0.223 e. The van der Waals surface area contributed by atoms with Crippen LogP contribution in [-0.2, 0) is 4.79 Å². The number of hydrogen-bond donors (Lipinski definition) is 2. The van der Waals surface area contributed by atoms with Gasteiger partial charge in [0.2, 0.25) is 5.91 Å². The fourth-order valence-corrected chi connectivity index (χ4v) is 2.82. The van der Waals surface area contributed by atoms with E-state index in [1.54, 1.807) is 0 Å². The van der Waals surface area contributed by atoms with Gasteiger partial charge in [0.1, 0.15) is 0 Å². The molecule has 1 amide bonds. The summed E-state index contributed by atoms with van der Waals surface area (Å²) in [6.45, 7) is 4.07. The van der Waals surface area contributed by atoms with E-state index in [1.165, 1.54) is 32.1 Å². The van der Waals surface area contributed by atoms with Crippen LogP contribution in [0.2, 0.25) is 0 Å². The topological polar surface area (TPSA) is 55.1 Å². The fourth-order valence-electron chi connectivity index (χ4n) is 2.82. The molecular formula is C16H32N2O. The average molecular weight is 268 g/mol. The average Bonchev–Trinajstić information content (AvgIpc) is 2.31. The van der Waals surface area contributed by atoms with Crippen LogP contribution in [0.4, 0.5) is 0 Å². The lowest BCUT2D eigenvalue weighted by Crippen LogP contribution is -2.38. The van der Waals surface area contributed by atoms with E-state index in [9.17, 15) is 4.79 Å². The molecule has 1 saturated carbocycles. The Kier molecular flexibility index (Phi) is 8.11. The minimum Gasteiger partial charge on any atom is -0.353 e. The van der Waals surface area contributed by atoms with Gasteiger partial charge in [-0.25, -0.2) is 0 Å². The normalized spacial score (nSPS) is 21.2. The molecule has 0 spiro atoms. The second kappa shape index (κ2) is 9.35. The van der Waals surface area contributed by atoms with Crippen LogP contribution >= 0.6 is 0 Å². The Bertz CT molecular complexity index is 245. The minimum absolute atomic E-state index is 0.129. The monoisotopic (exact) mass is 268 g/mol. The Labute approximate surface area is 118 Å². The molecule has 1 aliphatic rings. The first-order valence-electron chi connectivity index (χ1n) is 8.15. The third kappa shape index (κ3) is 7.56. The first-order chi connectivity index (χ1) is 9.09. The second-order valence-corrected chi connectivity index (χ2v) is 6.36. The van der Waals surface area contributed by atoms with Crippen molar-refractivity contribution in [3.8, 4) is 0 Å². The molecule has 0 heterocycles. The molecule has 0 radical (unpaired) electrons. The van der Waals surface area contributed by atoms with Crippen LogP contribution < -0.4 is 11.1 Å². The van der Waals surface area contributed by atoms with Gasteiger partial charge in [-0.05, 0) is 32.6 Å². The van der Waals surface area contributed by atoms with Crippen LogP contribution in [0.3, 0.4) is 0 Å². The molecule has 0 aliphatic heterocycles. The van der Waals surface area contributed by atoms with Crippen molar-refractivity contribution in [3.05, 3.63) is 0 Å². The first kappa shape index (κ1) is 16.5. The molecule has 2 atom stereocenters. The summed E-state index contributed by atoms with van der Waals surface area (Å²) >= 11 is 0. The lowest BCUT2D eigenvalue weighted by molar-refractivity contribution is -0.125. The Balaban J connectivity index is 2.23. The maximum atomic E-state index is 12.1. The number of carbonyl (C=O) groups is 1. The highest BCUT2D eigenvalue weighted by Gasteiger charge is 2.18. The molecular weight excluding hydrogens is 236 g/mol. The molecule has 0 aromatic rings. The summed E-state index contributed by atoms with van der Waals surface area (Å²) in [7, 11) is 0. The Hall–Kier alpha value is -0.570.